The van der Waals surface area contributed by atoms with Crippen LogP contribution >= 0.6 is 47.3 Å². The van der Waals surface area contributed by atoms with Crippen LogP contribution in [-0.2, 0) is 4.74 Å². The molecule has 0 aromatic heterocycles. The van der Waals surface area contributed by atoms with E-state index in [2.05, 4.69) is 29.5 Å². The van der Waals surface area contributed by atoms with Gasteiger partial charge in [0, 0.05) is 41.9 Å². The van der Waals surface area contributed by atoms with Crippen molar-refractivity contribution >= 4 is 53.3 Å². The predicted molar refractivity (Wildman–Crippen MR) is 123 cm³/mol. The lowest BCUT2D eigenvalue weighted by molar-refractivity contribution is 0.156. The lowest BCUT2D eigenvalue weighted by atomic mass is 9.87. The van der Waals surface area contributed by atoms with Gasteiger partial charge in [0.1, 0.15) is 0 Å². The predicted octanol–water partition coefficient (Wildman–Crippen LogP) is 4.44. The maximum absolute atomic E-state index is 6.15. The van der Waals surface area contributed by atoms with Crippen LogP contribution in [0.15, 0.2) is 29.3 Å². The Morgan fingerprint density at radius 2 is 2.31 bits per heavy atom. The molecule has 0 amide bonds. The van der Waals surface area contributed by atoms with Crippen LogP contribution in [0.1, 0.15) is 30.6 Å². The average Bonchev–Trinajstić information content (AvgIpc) is 3.25. The van der Waals surface area contributed by atoms with Gasteiger partial charge in [0.2, 0.25) is 0 Å². The number of ether oxygens (including phenoxy) is 1. The monoisotopic (exact) mass is 509 g/mol. The molecule has 2 aliphatic heterocycles. The first-order chi connectivity index (χ1) is 12.2. The zero-order chi connectivity index (χ0) is 17.7. The highest BCUT2D eigenvalue weighted by molar-refractivity contribution is 14.0. The second-order valence-electron chi connectivity index (χ2n) is 6.95. The fourth-order valence-corrected chi connectivity index (χ4v) is 4.55. The van der Waals surface area contributed by atoms with Crippen LogP contribution in [0, 0.1) is 5.41 Å². The topological polar surface area (TPSA) is 36.9 Å². The first-order valence-corrected chi connectivity index (χ1v) is 10.7. The molecular formula is C19H29ClIN3OS. The second-order valence-corrected chi connectivity index (χ2v) is 8.42. The normalized spacial score (nSPS) is 24.0. The Bertz CT molecular complexity index is 610. The molecule has 7 heteroatoms. The number of benzene rings is 1. The highest BCUT2D eigenvalue weighted by Gasteiger charge is 2.42. The van der Waals surface area contributed by atoms with Gasteiger partial charge in [0.05, 0.1) is 13.2 Å². The number of guanidine groups is 1. The van der Waals surface area contributed by atoms with Crippen molar-refractivity contribution in [3.63, 3.8) is 0 Å². The first-order valence-electron chi connectivity index (χ1n) is 9.05. The molecule has 1 spiro atoms. The molecule has 0 bridgehead atoms. The molecule has 2 unspecified atom stereocenters. The molecule has 1 aromatic carbocycles. The van der Waals surface area contributed by atoms with Crippen LogP contribution in [-0.4, -0.2) is 56.5 Å². The van der Waals surface area contributed by atoms with Gasteiger partial charge >= 0.3 is 0 Å². The molecule has 0 saturated carbocycles. The zero-order valence-corrected chi connectivity index (χ0v) is 19.4. The summed E-state index contributed by atoms with van der Waals surface area (Å²) in [6.07, 6.45) is 4.52. The summed E-state index contributed by atoms with van der Waals surface area (Å²) in [6, 6.07) is 8.12. The number of rotatable bonds is 5. The van der Waals surface area contributed by atoms with Gasteiger partial charge in [-0.1, -0.05) is 23.7 Å². The van der Waals surface area contributed by atoms with Gasteiger partial charge in [0.25, 0.3) is 0 Å². The molecule has 1 N–H and O–H groups in total. The lowest BCUT2D eigenvalue weighted by Gasteiger charge is -2.25. The van der Waals surface area contributed by atoms with E-state index in [0.717, 1.165) is 50.4 Å². The van der Waals surface area contributed by atoms with Gasteiger partial charge in [-0.05, 0) is 43.7 Å². The van der Waals surface area contributed by atoms with Crippen LogP contribution in [0.4, 0.5) is 0 Å². The standard InChI is InChI=1S/C19H28ClN3OS.HI/c1-3-21-18(23-9-7-19(13-23)8-10-24-14-19)22-12-17(25-2)15-5-4-6-16(20)11-15;/h4-6,11,17H,3,7-10,12-14H2,1-2H3,(H,21,22);1H. The van der Waals surface area contributed by atoms with E-state index in [1.165, 1.54) is 18.4 Å². The number of likely N-dealkylation sites (tertiary alicyclic amines) is 1. The largest absolute Gasteiger partial charge is 0.381 e. The minimum atomic E-state index is 0. The maximum Gasteiger partial charge on any atom is 0.193 e. The lowest BCUT2D eigenvalue weighted by Crippen LogP contribution is -2.41. The van der Waals surface area contributed by atoms with E-state index in [4.69, 9.17) is 21.3 Å². The summed E-state index contributed by atoms with van der Waals surface area (Å²) in [5.74, 6) is 1.03. The first kappa shape index (κ1) is 22.1. The molecule has 3 rings (SSSR count). The van der Waals surface area contributed by atoms with E-state index in [0.29, 0.717) is 10.7 Å². The zero-order valence-electron chi connectivity index (χ0n) is 15.5. The molecule has 2 saturated heterocycles. The van der Waals surface area contributed by atoms with Crippen LogP contribution in [0.5, 0.6) is 0 Å². The Morgan fingerprint density at radius 1 is 1.46 bits per heavy atom. The van der Waals surface area contributed by atoms with Crippen molar-refractivity contribution in [1.29, 1.82) is 0 Å². The fourth-order valence-electron chi connectivity index (χ4n) is 3.71. The van der Waals surface area contributed by atoms with Gasteiger partial charge in [-0.15, -0.1) is 24.0 Å². The SMILES string of the molecule is CCNC(=NCC(SC)c1cccc(Cl)c1)N1CCC2(CCOC2)C1.I. The minimum absolute atomic E-state index is 0. The Hall–Kier alpha value is -0.180. The highest BCUT2D eigenvalue weighted by atomic mass is 127. The van der Waals surface area contributed by atoms with Crippen molar-refractivity contribution < 1.29 is 4.74 Å². The van der Waals surface area contributed by atoms with E-state index < -0.39 is 0 Å². The summed E-state index contributed by atoms with van der Waals surface area (Å²) in [5, 5.41) is 4.58. The third kappa shape index (κ3) is 5.42. The van der Waals surface area contributed by atoms with Gasteiger partial charge < -0.3 is 15.0 Å². The van der Waals surface area contributed by atoms with Crippen LogP contribution < -0.4 is 5.32 Å². The summed E-state index contributed by atoms with van der Waals surface area (Å²) in [7, 11) is 0. The van der Waals surface area contributed by atoms with E-state index >= 15 is 0 Å². The van der Waals surface area contributed by atoms with E-state index in [9.17, 15) is 0 Å². The van der Waals surface area contributed by atoms with Crippen molar-refractivity contribution in [2.75, 3.05) is 45.6 Å². The average molecular weight is 510 g/mol. The molecular weight excluding hydrogens is 481 g/mol. The second kappa shape index (κ2) is 10.4. The molecule has 0 radical (unpaired) electrons. The summed E-state index contributed by atoms with van der Waals surface area (Å²) >= 11 is 7.97. The van der Waals surface area contributed by atoms with Crippen molar-refractivity contribution in [3.05, 3.63) is 34.9 Å². The fraction of sp³-hybridized carbons (Fsp3) is 0.632. The highest BCUT2D eigenvalue weighted by Crippen LogP contribution is 2.38. The van der Waals surface area contributed by atoms with Crippen molar-refractivity contribution in [1.82, 2.24) is 10.2 Å². The number of halogens is 2. The molecule has 2 fully saturated rings. The molecule has 146 valence electrons. The Kier molecular flexibility index (Phi) is 8.83. The molecule has 2 atom stereocenters. The molecule has 0 aliphatic carbocycles. The van der Waals surface area contributed by atoms with E-state index in [1.54, 1.807) is 0 Å². The van der Waals surface area contributed by atoms with Gasteiger partial charge in [-0.25, -0.2) is 0 Å². The molecule has 26 heavy (non-hydrogen) atoms. The summed E-state index contributed by atoms with van der Waals surface area (Å²) in [6.45, 7) is 7.70. The number of aliphatic imine (C=N–C) groups is 1. The third-order valence-corrected chi connectivity index (χ3v) is 6.39. The minimum Gasteiger partial charge on any atom is -0.381 e. The smallest absolute Gasteiger partial charge is 0.193 e. The Balaban J connectivity index is 0.00000243. The summed E-state index contributed by atoms with van der Waals surface area (Å²) < 4.78 is 5.65. The van der Waals surface area contributed by atoms with E-state index in [1.807, 2.05) is 30.0 Å². The third-order valence-electron chi connectivity index (χ3n) is 5.17. The summed E-state index contributed by atoms with van der Waals surface area (Å²) in [5.41, 5.74) is 1.59. The Labute approximate surface area is 183 Å². The quantitative estimate of drug-likeness (QED) is 0.362. The van der Waals surface area contributed by atoms with Crippen molar-refractivity contribution in [2.45, 2.75) is 25.0 Å². The van der Waals surface area contributed by atoms with Crippen molar-refractivity contribution in [3.8, 4) is 0 Å². The number of nitrogens with zero attached hydrogens (tertiary/aromatic N) is 2. The van der Waals surface area contributed by atoms with Crippen molar-refractivity contribution in [2.24, 2.45) is 10.4 Å². The number of hydrogen-bond acceptors (Lipinski definition) is 3. The number of hydrogen-bond donors (Lipinski definition) is 1. The van der Waals surface area contributed by atoms with Gasteiger partial charge in [-0.3, -0.25) is 4.99 Å². The van der Waals surface area contributed by atoms with Gasteiger partial charge in [-0.2, -0.15) is 11.8 Å². The maximum atomic E-state index is 6.15. The number of nitrogens with one attached hydrogen (secondary N) is 1. The number of thioether (sulfide) groups is 1. The molecule has 2 aliphatic rings. The van der Waals surface area contributed by atoms with Gasteiger partial charge in [0.15, 0.2) is 5.96 Å². The van der Waals surface area contributed by atoms with Crippen LogP contribution in [0.2, 0.25) is 5.02 Å². The molecule has 1 aromatic rings. The summed E-state index contributed by atoms with van der Waals surface area (Å²) in [4.78, 5) is 7.36. The molecule has 4 nitrogen and oxygen atoms in total. The van der Waals surface area contributed by atoms with Crippen LogP contribution in [0.3, 0.4) is 0 Å². The van der Waals surface area contributed by atoms with E-state index in [-0.39, 0.29) is 24.0 Å². The molecule has 2 heterocycles. The Morgan fingerprint density at radius 3 is 2.96 bits per heavy atom. The van der Waals surface area contributed by atoms with Crippen LogP contribution in [0.25, 0.3) is 0 Å².